The molecule has 4 rings (SSSR count). The van der Waals surface area contributed by atoms with Crippen molar-refractivity contribution < 1.29 is 4.39 Å². The monoisotopic (exact) mass is 385 g/mol. The molecule has 0 atom stereocenters. The fourth-order valence-corrected chi connectivity index (χ4v) is 3.23. The third kappa shape index (κ3) is 3.48. The van der Waals surface area contributed by atoms with E-state index in [1.165, 1.54) is 12.1 Å². The van der Waals surface area contributed by atoms with E-state index >= 15 is 0 Å². The van der Waals surface area contributed by atoms with Gasteiger partial charge in [0.15, 0.2) is 5.36 Å². The number of hydrogen-bond donors (Lipinski definition) is 1. The SMILES string of the molecule is NN=c1c(=NCc2ccc(-c3ccc(F)cc3)cc2)c(=O)c2ccccc2c1=O. The number of nitrogens with two attached hydrogens (primary N) is 1. The molecule has 0 aromatic heterocycles. The van der Waals surface area contributed by atoms with E-state index in [2.05, 4.69) is 10.1 Å². The van der Waals surface area contributed by atoms with Crippen LogP contribution in [0.4, 0.5) is 4.39 Å². The summed E-state index contributed by atoms with van der Waals surface area (Å²) in [6.07, 6.45) is 0. The number of benzene rings is 4. The predicted molar refractivity (Wildman–Crippen MR) is 110 cm³/mol. The Morgan fingerprint density at radius 2 is 1.24 bits per heavy atom. The molecule has 0 aliphatic heterocycles. The van der Waals surface area contributed by atoms with Gasteiger partial charge in [-0.1, -0.05) is 60.7 Å². The maximum absolute atomic E-state index is 13.1. The predicted octanol–water partition coefficient (Wildman–Crippen LogP) is 2.12. The summed E-state index contributed by atoms with van der Waals surface area (Å²) in [7, 11) is 0. The van der Waals surface area contributed by atoms with Gasteiger partial charge in [0, 0.05) is 10.8 Å². The first-order valence-corrected chi connectivity index (χ1v) is 8.94. The van der Waals surface area contributed by atoms with Crippen LogP contribution in [0.3, 0.4) is 0 Å². The van der Waals surface area contributed by atoms with E-state index in [1.807, 2.05) is 24.3 Å². The zero-order valence-electron chi connectivity index (χ0n) is 15.3. The summed E-state index contributed by atoms with van der Waals surface area (Å²) in [5, 5.41) is 3.94. The van der Waals surface area contributed by atoms with Gasteiger partial charge in [0.25, 0.3) is 0 Å². The zero-order chi connectivity index (χ0) is 20.4. The molecule has 4 aromatic rings. The second kappa shape index (κ2) is 7.59. The van der Waals surface area contributed by atoms with Crippen LogP contribution in [0.1, 0.15) is 5.56 Å². The lowest BCUT2D eigenvalue weighted by atomic mass is 10.0. The molecule has 29 heavy (non-hydrogen) atoms. The number of fused-ring (bicyclic) bond motifs is 1. The van der Waals surface area contributed by atoms with Gasteiger partial charge in [-0.05, 0) is 28.8 Å². The van der Waals surface area contributed by atoms with E-state index in [9.17, 15) is 14.0 Å². The molecule has 4 aromatic carbocycles. The molecule has 0 fully saturated rings. The lowest BCUT2D eigenvalue weighted by molar-refractivity contribution is 0.628. The Kier molecular flexibility index (Phi) is 4.83. The van der Waals surface area contributed by atoms with Crippen LogP contribution in [0.2, 0.25) is 0 Å². The molecular weight excluding hydrogens is 369 g/mol. The second-order valence-electron chi connectivity index (χ2n) is 6.55. The van der Waals surface area contributed by atoms with Crippen molar-refractivity contribution in [1.29, 1.82) is 0 Å². The van der Waals surface area contributed by atoms with E-state index in [4.69, 9.17) is 5.84 Å². The van der Waals surface area contributed by atoms with Crippen LogP contribution in [-0.2, 0) is 6.54 Å². The molecule has 0 saturated carbocycles. The van der Waals surface area contributed by atoms with Gasteiger partial charge in [-0.15, -0.1) is 0 Å². The minimum Gasteiger partial charge on any atom is -0.322 e. The second-order valence-corrected chi connectivity index (χ2v) is 6.55. The molecule has 6 heteroatoms. The highest BCUT2D eigenvalue weighted by atomic mass is 19.1. The van der Waals surface area contributed by atoms with Crippen LogP contribution in [0.5, 0.6) is 0 Å². The summed E-state index contributed by atoms with van der Waals surface area (Å²) < 4.78 is 13.1. The minimum absolute atomic E-state index is 0.0289. The minimum atomic E-state index is -0.409. The molecule has 0 spiro atoms. The summed E-state index contributed by atoms with van der Waals surface area (Å²) in [6.45, 7) is 0.194. The van der Waals surface area contributed by atoms with Gasteiger partial charge in [0.2, 0.25) is 10.9 Å². The quantitative estimate of drug-likeness (QED) is 0.433. The number of halogens is 1. The largest absolute Gasteiger partial charge is 0.322 e. The van der Waals surface area contributed by atoms with Crippen LogP contribution in [0.25, 0.3) is 21.9 Å². The number of nitrogens with zero attached hydrogens (tertiary/aromatic N) is 2. The van der Waals surface area contributed by atoms with Crippen molar-refractivity contribution in [2.45, 2.75) is 6.54 Å². The van der Waals surface area contributed by atoms with Crippen molar-refractivity contribution in [3.63, 3.8) is 0 Å². The van der Waals surface area contributed by atoms with E-state index in [1.54, 1.807) is 36.4 Å². The van der Waals surface area contributed by atoms with Gasteiger partial charge < -0.3 is 5.84 Å². The van der Waals surface area contributed by atoms with Crippen molar-refractivity contribution in [2.75, 3.05) is 0 Å². The molecule has 5 nitrogen and oxygen atoms in total. The van der Waals surface area contributed by atoms with Crippen molar-refractivity contribution in [1.82, 2.24) is 0 Å². The highest BCUT2D eigenvalue weighted by Crippen LogP contribution is 2.20. The fraction of sp³-hybridized carbons (Fsp3) is 0.0435. The lowest BCUT2D eigenvalue weighted by Crippen LogP contribution is -2.49. The molecule has 142 valence electrons. The smallest absolute Gasteiger partial charge is 0.216 e. The molecule has 0 amide bonds. The first-order valence-electron chi connectivity index (χ1n) is 8.94. The van der Waals surface area contributed by atoms with Crippen LogP contribution in [0.15, 0.2) is 92.5 Å². The Labute approximate surface area is 164 Å². The van der Waals surface area contributed by atoms with Gasteiger partial charge in [0.05, 0.1) is 6.54 Å². The maximum Gasteiger partial charge on any atom is 0.216 e. The lowest BCUT2D eigenvalue weighted by Gasteiger charge is -2.03. The molecule has 0 heterocycles. The Morgan fingerprint density at radius 3 is 1.79 bits per heavy atom. The van der Waals surface area contributed by atoms with Crippen LogP contribution < -0.4 is 27.4 Å². The standard InChI is InChI=1S/C23H16FN3O2/c24-17-11-9-16(10-12-17)15-7-5-14(6-8-15)13-26-20-21(27-25)23(29)19-4-2-1-3-18(19)22(20)28/h1-12H,13,25H2. The Bertz CT molecular complexity index is 1420. The van der Waals surface area contributed by atoms with Gasteiger partial charge in [0.1, 0.15) is 11.2 Å². The summed E-state index contributed by atoms with van der Waals surface area (Å²) in [5.41, 5.74) is 1.90. The van der Waals surface area contributed by atoms with E-state index in [-0.39, 0.29) is 33.9 Å². The molecule has 0 saturated heterocycles. The molecule has 0 unspecified atom stereocenters. The Morgan fingerprint density at radius 1 is 0.724 bits per heavy atom. The van der Waals surface area contributed by atoms with Gasteiger partial charge in [-0.2, -0.15) is 5.10 Å². The molecule has 0 aliphatic carbocycles. The first-order chi connectivity index (χ1) is 14.1. The molecular formula is C23H16FN3O2. The summed E-state index contributed by atoms with van der Waals surface area (Å²) in [5.74, 6) is 5.09. The fourth-order valence-electron chi connectivity index (χ4n) is 3.23. The van der Waals surface area contributed by atoms with E-state index in [0.717, 1.165) is 16.7 Å². The summed E-state index contributed by atoms with van der Waals surface area (Å²) in [6, 6.07) is 20.3. The van der Waals surface area contributed by atoms with Gasteiger partial charge in [-0.3, -0.25) is 14.6 Å². The zero-order valence-corrected chi connectivity index (χ0v) is 15.3. The van der Waals surface area contributed by atoms with Crippen molar-refractivity contribution in [3.05, 3.63) is 115 Å². The average Bonchev–Trinajstić information content (AvgIpc) is 2.76. The van der Waals surface area contributed by atoms with Crippen molar-refractivity contribution >= 4 is 10.8 Å². The third-order valence-electron chi connectivity index (χ3n) is 4.75. The topological polar surface area (TPSA) is 84.9 Å². The van der Waals surface area contributed by atoms with Crippen molar-refractivity contribution in [2.24, 2.45) is 15.9 Å². The van der Waals surface area contributed by atoms with Crippen LogP contribution >= 0.6 is 0 Å². The van der Waals surface area contributed by atoms with Gasteiger partial charge in [-0.25, -0.2) is 4.39 Å². The normalized spacial score (nSPS) is 12.6. The van der Waals surface area contributed by atoms with E-state index < -0.39 is 5.43 Å². The Balaban J connectivity index is 1.74. The van der Waals surface area contributed by atoms with Crippen molar-refractivity contribution in [3.8, 4) is 11.1 Å². The van der Waals surface area contributed by atoms with Crippen LogP contribution in [0, 0.1) is 5.82 Å². The molecule has 0 aliphatic rings. The average molecular weight is 385 g/mol. The summed E-state index contributed by atoms with van der Waals surface area (Å²) >= 11 is 0. The van der Waals surface area contributed by atoms with E-state index in [0.29, 0.717) is 5.39 Å². The highest BCUT2D eigenvalue weighted by Gasteiger charge is 2.09. The molecule has 2 N–H and O–H groups in total. The third-order valence-corrected chi connectivity index (χ3v) is 4.75. The number of hydrogen-bond acceptors (Lipinski definition) is 5. The highest BCUT2D eigenvalue weighted by molar-refractivity contribution is 5.81. The Hall–Kier alpha value is -3.93. The molecule has 0 radical (unpaired) electrons. The number of rotatable bonds is 3. The summed E-state index contributed by atoms with van der Waals surface area (Å²) in [4.78, 5) is 29.7. The molecule has 0 bridgehead atoms. The van der Waals surface area contributed by atoms with Crippen LogP contribution in [-0.4, -0.2) is 0 Å². The van der Waals surface area contributed by atoms with Gasteiger partial charge >= 0.3 is 0 Å². The first kappa shape index (κ1) is 18.4. The maximum atomic E-state index is 13.1.